The third-order valence-electron chi connectivity index (χ3n) is 4.42. The molecule has 0 saturated heterocycles. The van der Waals surface area contributed by atoms with Crippen molar-refractivity contribution in [2.75, 3.05) is 0 Å². The lowest BCUT2D eigenvalue weighted by Crippen LogP contribution is -2.12. The van der Waals surface area contributed by atoms with E-state index in [2.05, 4.69) is 18.9 Å². The van der Waals surface area contributed by atoms with Crippen LogP contribution in [-0.2, 0) is 0 Å². The number of aryl methyl sites for hydroxylation is 2. The maximum Gasteiger partial charge on any atom is 0.344 e. The molecular weight excluding hydrogens is 326 g/mol. The predicted octanol–water partition coefficient (Wildman–Crippen LogP) is 4.97. The lowest BCUT2D eigenvalue weighted by atomic mass is 10.1. The first kappa shape index (κ1) is 18.1. The topological polar surface area (TPSA) is 57.0 Å². The van der Waals surface area contributed by atoms with Crippen molar-refractivity contribution in [1.82, 2.24) is 14.8 Å². The van der Waals surface area contributed by atoms with Gasteiger partial charge in [0.15, 0.2) is 5.65 Å². The van der Waals surface area contributed by atoms with Crippen molar-refractivity contribution in [1.29, 1.82) is 0 Å². The van der Waals surface area contributed by atoms with Gasteiger partial charge in [-0.15, -0.1) is 0 Å². The lowest BCUT2D eigenvalue weighted by molar-refractivity contribution is 0.0735. The summed E-state index contributed by atoms with van der Waals surface area (Å²) < 4.78 is 7.54. The van der Waals surface area contributed by atoms with Gasteiger partial charge in [-0.25, -0.2) is 14.5 Å². The van der Waals surface area contributed by atoms with E-state index in [1.807, 2.05) is 56.6 Å². The van der Waals surface area contributed by atoms with Gasteiger partial charge in [0, 0.05) is 11.7 Å². The number of rotatable bonds is 4. The SMILES string of the molecule is Cc1ccc(OC(=O)c2cc(C(C)C)nc3c2cnn3C(C)C)c(C)c1. The van der Waals surface area contributed by atoms with Gasteiger partial charge in [-0.3, -0.25) is 0 Å². The summed E-state index contributed by atoms with van der Waals surface area (Å²) in [5.74, 6) is 0.394. The molecule has 2 aromatic heterocycles. The van der Waals surface area contributed by atoms with Crippen LogP contribution in [0.15, 0.2) is 30.5 Å². The highest BCUT2D eigenvalue weighted by molar-refractivity contribution is 6.03. The molecule has 2 heterocycles. The molecule has 0 fully saturated rings. The summed E-state index contributed by atoms with van der Waals surface area (Å²) in [6.45, 7) is 12.2. The largest absolute Gasteiger partial charge is 0.423 e. The molecule has 0 radical (unpaired) electrons. The summed E-state index contributed by atoms with van der Waals surface area (Å²) >= 11 is 0. The number of hydrogen-bond acceptors (Lipinski definition) is 4. The normalized spacial score (nSPS) is 11.5. The molecule has 0 bridgehead atoms. The average Bonchev–Trinajstić information content (AvgIpc) is 3.00. The number of carbonyl (C=O) groups is 1. The fraction of sp³-hybridized carbons (Fsp3) is 0.381. The molecule has 3 rings (SSSR count). The zero-order chi connectivity index (χ0) is 19.0. The van der Waals surface area contributed by atoms with Gasteiger partial charge in [-0.2, -0.15) is 5.10 Å². The molecule has 1 aromatic carbocycles. The highest BCUT2D eigenvalue weighted by Gasteiger charge is 2.20. The highest BCUT2D eigenvalue weighted by Crippen LogP contribution is 2.26. The minimum Gasteiger partial charge on any atom is -0.423 e. The molecule has 0 N–H and O–H groups in total. The number of hydrogen-bond donors (Lipinski definition) is 0. The number of fused-ring (bicyclic) bond motifs is 1. The Kier molecular flexibility index (Phi) is 4.81. The van der Waals surface area contributed by atoms with Crippen molar-refractivity contribution >= 4 is 17.0 Å². The molecule has 0 aliphatic rings. The molecule has 0 amide bonds. The number of benzene rings is 1. The van der Waals surface area contributed by atoms with Crippen molar-refractivity contribution < 1.29 is 9.53 Å². The van der Waals surface area contributed by atoms with E-state index in [0.29, 0.717) is 11.3 Å². The monoisotopic (exact) mass is 351 g/mol. The molecule has 0 atom stereocenters. The fourth-order valence-corrected chi connectivity index (χ4v) is 2.95. The van der Waals surface area contributed by atoms with Gasteiger partial charge in [0.2, 0.25) is 0 Å². The van der Waals surface area contributed by atoms with Crippen molar-refractivity contribution in [3.63, 3.8) is 0 Å². The second kappa shape index (κ2) is 6.90. The molecule has 26 heavy (non-hydrogen) atoms. The van der Waals surface area contributed by atoms with Crippen molar-refractivity contribution in [2.45, 2.75) is 53.5 Å². The molecule has 0 spiro atoms. The van der Waals surface area contributed by atoms with Gasteiger partial charge in [0.25, 0.3) is 0 Å². The standard InChI is InChI=1S/C21H25N3O2/c1-12(2)18-10-16(17-11-22-24(13(3)4)20(17)23-18)21(25)26-19-8-7-14(5)9-15(19)6/h7-13H,1-6H3. The maximum absolute atomic E-state index is 12.9. The van der Waals surface area contributed by atoms with Crippen molar-refractivity contribution in [3.05, 3.63) is 52.8 Å². The van der Waals surface area contributed by atoms with Gasteiger partial charge in [0.05, 0.1) is 17.1 Å². The minimum absolute atomic E-state index is 0.158. The summed E-state index contributed by atoms with van der Waals surface area (Å²) in [4.78, 5) is 17.7. The molecule has 3 aromatic rings. The van der Waals surface area contributed by atoms with Gasteiger partial charge in [-0.1, -0.05) is 31.5 Å². The van der Waals surface area contributed by atoms with Crippen LogP contribution in [0.1, 0.15) is 66.8 Å². The summed E-state index contributed by atoms with van der Waals surface area (Å²) in [5, 5.41) is 5.14. The predicted molar refractivity (Wildman–Crippen MR) is 103 cm³/mol. The number of carbonyl (C=O) groups excluding carboxylic acids is 1. The lowest BCUT2D eigenvalue weighted by Gasteiger charge is -2.12. The number of aromatic nitrogens is 3. The summed E-state index contributed by atoms with van der Waals surface area (Å²) in [6, 6.07) is 7.76. The Balaban J connectivity index is 2.09. The van der Waals surface area contributed by atoms with Crippen LogP contribution in [0.3, 0.4) is 0 Å². The number of nitrogens with zero attached hydrogens (tertiary/aromatic N) is 3. The van der Waals surface area contributed by atoms with E-state index in [-0.39, 0.29) is 17.9 Å². The van der Waals surface area contributed by atoms with E-state index >= 15 is 0 Å². The van der Waals surface area contributed by atoms with Crippen LogP contribution in [0.2, 0.25) is 0 Å². The van der Waals surface area contributed by atoms with Gasteiger partial charge < -0.3 is 4.74 Å². The smallest absolute Gasteiger partial charge is 0.344 e. The van der Waals surface area contributed by atoms with Crippen LogP contribution in [-0.4, -0.2) is 20.7 Å². The third-order valence-corrected chi connectivity index (χ3v) is 4.42. The first-order chi connectivity index (χ1) is 12.3. The summed E-state index contributed by atoms with van der Waals surface area (Å²) in [7, 11) is 0. The van der Waals surface area contributed by atoms with E-state index < -0.39 is 0 Å². The third kappa shape index (κ3) is 3.34. The van der Waals surface area contributed by atoms with Crippen LogP contribution in [0.4, 0.5) is 0 Å². The van der Waals surface area contributed by atoms with Crippen molar-refractivity contribution in [2.24, 2.45) is 0 Å². The van der Waals surface area contributed by atoms with E-state index in [1.54, 1.807) is 6.20 Å². The second-order valence-corrected chi connectivity index (χ2v) is 7.33. The summed E-state index contributed by atoms with van der Waals surface area (Å²) in [6.07, 6.45) is 1.70. The van der Waals surface area contributed by atoms with Crippen LogP contribution in [0.5, 0.6) is 5.75 Å². The molecule has 0 unspecified atom stereocenters. The Hall–Kier alpha value is -2.69. The van der Waals surface area contributed by atoms with E-state index in [4.69, 9.17) is 9.72 Å². The Morgan fingerprint density at radius 3 is 2.46 bits per heavy atom. The van der Waals surface area contributed by atoms with Crippen LogP contribution < -0.4 is 4.74 Å². The number of ether oxygens (including phenoxy) is 1. The molecule has 0 saturated carbocycles. The highest BCUT2D eigenvalue weighted by atomic mass is 16.5. The van der Waals surface area contributed by atoms with Gasteiger partial charge >= 0.3 is 5.97 Å². The quantitative estimate of drug-likeness (QED) is 0.492. The van der Waals surface area contributed by atoms with Crippen LogP contribution in [0.25, 0.3) is 11.0 Å². The van der Waals surface area contributed by atoms with Crippen LogP contribution in [0, 0.1) is 13.8 Å². The molecule has 136 valence electrons. The van der Waals surface area contributed by atoms with E-state index in [9.17, 15) is 4.79 Å². The average molecular weight is 351 g/mol. The summed E-state index contributed by atoms with van der Waals surface area (Å²) in [5.41, 5.74) is 4.15. The Morgan fingerprint density at radius 1 is 1.12 bits per heavy atom. The minimum atomic E-state index is -0.380. The second-order valence-electron chi connectivity index (χ2n) is 7.33. The first-order valence-electron chi connectivity index (χ1n) is 8.95. The zero-order valence-corrected chi connectivity index (χ0v) is 16.2. The van der Waals surface area contributed by atoms with Crippen LogP contribution >= 0.6 is 0 Å². The molecule has 5 heteroatoms. The fourth-order valence-electron chi connectivity index (χ4n) is 2.95. The zero-order valence-electron chi connectivity index (χ0n) is 16.2. The van der Waals surface area contributed by atoms with E-state index in [0.717, 1.165) is 27.9 Å². The Bertz CT molecular complexity index is 971. The number of esters is 1. The van der Waals surface area contributed by atoms with Crippen molar-refractivity contribution in [3.8, 4) is 5.75 Å². The Labute approximate surface area is 154 Å². The molecule has 0 aliphatic heterocycles. The molecule has 0 aliphatic carbocycles. The van der Waals surface area contributed by atoms with E-state index in [1.165, 1.54) is 0 Å². The van der Waals surface area contributed by atoms with Gasteiger partial charge in [0.1, 0.15) is 5.75 Å². The Morgan fingerprint density at radius 2 is 1.85 bits per heavy atom. The van der Waals surface area contributed by atoms with Gasteiger partial charge in [-0.05, 0) is 51.3 Å². The number of pyridine rings is 1. The molecular formula is C21H25N3O2. The first-order valence-corrected chi connectivity index (χ1v) is 8.95. The molecule has 5 nitrogen and oxygen atoms in total. The maximum atomic E-state index is 12.9.